The van der Waals surface area contributed by atoms with Crippen LogP contribution in [-0.4, -0.2) is 87.7 Å². The summed E-state index contributed by atoms with van der Waals surface area (Å²) >= 11 is 0. The lowest BCUT2D eigenvalue weighted by atomic mass is 9.83. The summed E-state index contributed by atoms with van der Waals surface area (Å²) < 4.78 is 35.8. The second-order valence-corrected chi connectivity index (χ2v) is 12.4. The number of rotatable bonds is 6. The maximum Gasteiger partial charge on any atom is 0.320 e. The molecule has 9 heteroatoms. The van der Waals surface area contributed by atoms with Crippen molar-refractivity contribution < 1.29 is 22.7 Å². The minimum atomic E-state index is -3.33. The van der Waals surface area contributed by atoms with Gasteiger partial charge in [-0.05, 0) is 50.8 Å². The smallest absolute Gasteiger partial charge is 0.320 e. The van der Waals surface area contributed by atoms with Crippen LogP contribution in [-0.2, 0) is 19.3 Å². The molecule has 0 spiro atoms. The van der Waals surface area contributed by atoms with Gasteiger partial charge in [-0.3, -0.25) is 0 Å². The zero-order chi connectivity index (χ0) is 25.8. The van der Waals surface area contributed by atoms with Crippen molar-refractivity contribution in [2.45, 2.75) is 45.3 Å². The number of likely N-dealkylation sites (tertiary alicyclic amines) is 1. The largest absolute Gasteiger partial charge is 0.484 e. The summed E-state index contributed by atoms with van der Waals surface area (Å²) in [5.41, 5.74) is 3.86. The first kappa shape index (κ1) is 27.2. The van der Waals surface area contributed by atoms with Crippen molar-refractivity contribution in [2.24, 2.45) is 10.9 Å². The average Bonchev–Trinajstić information content (AvgIpc) is 2.83. The van der Waals surface area contributed by atoms with Gasteiger partial charge < -0.3 is 19.3 Å². The molecule has 2 heterocycles. The molecule has 2 fully saturated rings. The number of hydrogen-bond acceptors (Lipinski definition) is 6. The second-order valence-electron chi connectivity index (χ2n) is 9.84. The highest BCUT2D eigenvalue weighted by atomic mass is 32.2. The first-order valence-electron chi connectivity index (χ1n) is 12.2. The molecule has 0 aliphatic carbocycles. The summed E-state index contributed by atoms with van der Waals surface area (Å²) in [5, 5.41) is -0.508. The molecular weight excluding hydrogens is 466 g/mol. The van der Waals surface area contributed by atoms with Gasteiger partial charge in [-0.25, -0.2) is 18.2 Å². The van der Waals surface area contributed by atoms with E-state index < -0.39 is 15.1 Å². The van der Waals surface area contributed by atoms with Crippen molar-refractivity contribution in [2.75, 3.05) is 52.3 Å². The SMILES string of the molecule is C=C(CS(=O)(=O)C(C)C)N=C(OC)C1CC(c2ccc(C)c(C)c2)CN(C(=O)N2CCOCC2)C1. The first-order valence-corrected chi connectivity index (χ1v) is 13.9. The minimum absolute atomic E-state index is 0.0106. The minimum Gasteiger partial charge on any atom is -0.484 e. The Labute approximate surface area is 209 Å². The van der Waals surface area contributed by atoms with E-state index in [4.69, 9.17) is 9.47 Å². The van der Waals surface area contributed by atoms with Crippen molar-refractivity contribution in [3.05, 3.63) is 47.2 Å². The number of sulfone groups is 1. The van der Waals surface area contributed by atoms with E-state index in [0.717, 1.165) is 6.42 Å². The third kappa shape index (κ3) is 6.85. The highest BCUT2D eigenvalue weighted by molar-refractivity contribution is 7.92. The van der Waals surface area contributed by atoms with E-state index in [0.29, 0.717) is 45.3 Å². The summed E-state index contributed by atoms with van der Waals surface area (Å²) in [6, 6.07) is 6.43. The summed E-state index contributed by atoms with van der Waals surface area (Å²) in [6.07, 6.45) is 0.742. The van der Waals surface area contributed by atoms with Crippen LogP contribution in [0.1, 0.15) is 42.9 Å². The van der Waals surface area contributed by atoms with Crippen LogP contribution in [0.15, 0.2) is 35.5 Å². The van der Waals surface area contributed by atoms with Gasteiger partial charge in [0.2, 0.25) is 0 Å². The van der Waals surface area contributed by atoms with Crippen molar-refractivity contribution in [1.82, 2.24) is 9.80 Å². The molecular formula is C26H39N3O5S. The molecule has 2 aliphatic heterocycles. The Morgan fingerprint density at radius 1 is 1.17 bits per heavy atom. The van der Waals surface area contributed by atoms with Gasteiger partial charge in [0.1, 0.15) is 0 Å². The Bertz CT molecular complexity index is 1060. The molecule has 2 unspecified atom stereocenters. The number of aliphatic imine (C=N–C) groups is 1. The number of carbonyl (C=O) groups is 1. The number of hydrogen-bond donors (Lipinski definition) is 0. The number of benzene rings is 1. The molecule has 3 rings (SSSR count). The zero-order valence-corrected chi connectivity index (χ0v) is 22.4. The number of methoxy groups -OCH3 is 1. The molecule has 194 valence electrons. The summed E-state index contributed by atoms with van der Waals surface area (Å²) in [4.78, 5) is 21.6. The second kappa shape index (κ2) is 11.6. The van der Waals surface area contributed by atoms with E-state index in [9.17, 15) is 13.2 Å². The fourth-order valence-corrected chi connectivity index (χ4v) is 5.40. The lowest BCUT2D eigenvalue weighted by Gasteiger charge is -2.41. The fourth-order valence-electron chi connectivity index (χ4n) is 4.54. The van der Waals surface area contributed by atoms with Gasteiger partial charge in [0.25, 0.3) is 0 Å². The Hall–Kier alpha value is -2.39. The van der Waals surface area contributed by atoms with E-state index in [1.165, 1.54) is 23.8 Å². The predicted octanol–water partition coefficient (Wildman–Crippen LogP) is 3.54. The van der Waals surface area contributed by atoms with Gasteiger partial charge in [0.05, 0.1) is 42.9 Å². The van der Waals surface area contributed by atoms with Crippen molar-refractivity contribution in [1.29, 1.82) is 0 Å². The molecule has 8 nitrogen and oxygen atoms in total. The molecule has 0 N–H and O–H groups in total. The molecule has 0 saturated carbocycles. The maximum absolute atomic E-state index is 13.4. The standard InChI is InChI=1S/C26H39N3O5S/c1-18(2)35(31,32)17-21(5)27-25(33-6)24-14-23(22-8-7-19(3)20(4)13-22)15-29(16-24)26(30)28-9-11-34-12-10-28/h7-8,13,18,23-24H,5,9-12,14-17H2,1-4,6H3. The predicted molar refractivity (Wildman–Crippen MR) is 139 cm³/mol. The third-order valence-corrected chi connectivity index (χ3v) is 9.09. The van der Waals surface area contributed by atoms with Crippen LogP contribution in [0.5, 0.6) is 0 Å². The topological polar surface area (TPSA) is 88.5 Å². The molecule has 1 aromatic carbocycles. The Balaban J connectivity index is 1.89. The lowest BCUT2D eigenvalue weighted by molar-refractivity contribution is 0.0391. The quantitative estimate of drug-likeness (QED) is 0.436. The molecule has 2 amide bonds. The van der Waals surface area contributed by atoms with E-state index in [-0.39, 0.29) is 29.3 Å². The van der Waals surface area contributed by atoms with Gasteiger partial charge in [-0.15, -0.1) is 0 Å². The molecule has 0 bridgehead atoms. The molecule has 0 aromatic heterocycles. The number of aryl methyl sites for hydroxylation is 2. The Morgan fingerprint density at radius 2 is 1.86 bits per heavy atom. The van der Waals surface area contributed by atoms with Crippen LogP contribution >= 0.6 is 0 Å². The van der Waals surface area contributed by atoms with E-state index in [2.05, 4.69) is 43.6 Å². The van der Waals surface area contributed by atoms with Crippen molar-refractivity contribution >= 4 is 21.8 Å². The molecule has 2 aliphatic rings. The van der Waals surface area contributed by atoms with E-state index >= 15 is 0 Å². The molecule has 2 saturated heterocycles. The van der Waals surface area contributed by atoms with Gasteiger partial charge in [0.15, 0.2) is 15.7 Å². The maximum atomic E-state index is 13.4. The number of urea groups is 1. The Kier molecular flexibility index (Phi) is 8.99. The molecule has 35 heavy (non-hydrogen) atoms. The number of ether oxygens (including phenoxy) is 2. The van der Waals surface area contributed by atoms with Gasteiger partial charge in [0, 0.05) is 32.1 Å². The fraction of sp³-hybridized carbons (Fsp3) is 0.615. The van der Waals surface area contributed by atoms with Gasteiger partial charge in [-0.2, -0.15) is 0 Å². The van der Waals surface area contributed by atoms with Crippen LogP contribution < -0.4 is 0 Å². The molecule has 2 atom stereocenters. The molecule has 0 radical (unpaired) electrons. The number of amides is 2. The van der Waals surface area contributed by atoms with Crippen LogP contribution in [0.2, 0.25) is 0 Å². The van der Waals surface area contributed by atoms with E-state index in [1.54, 1.807) is 13.8 Å². The van der Waals surface area contributed by atoms with Crippen LogP contribution in [0.25, 0.3) is 0 Å². The van der Waals surface area contributed by atoms with Crippen molar-refractivity contribution in [3.8, 4) is 0 Å². The highest BCUT2D eigenvalue weighted by Crippen LogP contribution is 2.33. The highest BCUT2D eigenvalue weighted by Gasteiger charge is 2.36. The normalized spacial score (nSPS) is 21.8. The number of nitrogens with zero attached hydrogens (tertiary/aromatic N) is 3. The van der Waals surface area contributed by atoms with Gasteiger partial charge >= 0.3 is 6.03 Å². The van der Waals surface area contributed by atoms with Gasteiger partial charge in [-0.1, -0.05) is 24.8 Å². The van der Waals surface area contributed by atoms with E-state index in [1.807, 2.05) is 9.80 Å². The number of morpholine rings is 1. The van der Waals surface area contributed by atoms with Crippen LogP contribution in [0.3, 0.4) is 0 Å². The Morgan fingerprint density at radius 3 is 2.46 bits per heavy atom. The molecule has 1 aromatic rings. The summed E-state index contributed by atoms with van der Waals surface area (Å²) in [6.45, 7) is 14.6. The third-order valence-electron chi connectivity index (χ3n) is 6.92. The van der Waals surface area contributed by atoms with Crippen LogP contribution in [0.4, 0.5) is 4.79 Å². The number of carbonyl (C=O) groups excluding carboxylic acids is 1. The lowest BCUT2D eigenvalue weighted by Crippen LogP contribution is -2.53. The average molecular weight is 506 g/mol. The zero-order valence-electron chi connectivity index (χ0n) is 21.6. The summed E-state index contributed by atoms with van der Waals surface area (Å²) in [5.74, 6) is 0.124. The summed E-state index contributed by atoms with van der Waals surface area (Å²) in [7, 11) is -1.79. The first-order chi connectivity index (χ1) is 16.5. The van der Waals surface area contributed by atoms with Crippen LogP contribution in [0, 0.1) is 19.8 Å². The monoisotopic (exact) mass is 505 g/mol. The van der Waals surface area contributed by atoms with Crippen molar-refractivity contribution in [3.63, 3.8) is 0 Å². The number of piperidine rings is 1.